The Balaban J connectivity index is 2.01. The molecule has 102 valence electrons. The summed E-state index contributed by atoms with van der Waals surface area (Å²) in [4.78, 5) is 6.39. The lowest BCUT2D eigenvalue weighted by molar-refractivity contribution is 0.769. The maximum Gasteiger partial charge on any atom is 0.196 e. The van der Waals surface area contributed by atoms with Crippen molar-refractivity contribution in [3.8, 4) is 0 Å². The van der Waals surface area contributed by atoms with Crippen LogP contribution in [-0.4, -0.2) is 12.5 Å². The van der Waals surface area contributed by atoms with Gasteiger partial charge in [-0.3, -0.25) is 4.99 Å². The summed E-state index contributed by atoms with van der Waals surface area (Å²) in [6.45, 7) is 0.617. The fraction of sp³-hybridized carbons (Fsp3) is 0.133. The minimum atomic E-state index is 0.0462. The van der Waals surface area contributed by atoms with Gasteiger partial charge in [-0.05, 0) is 35.9 Å². The van der Waals surface area contributed by atoms with E-state index in [1.807, 2.05) is 53.4 Å². The average Bonchev–Trinajstić information content (AvgIpc) is 2.82. The van der Waals surface area contributed by atoms with E-state index in [1.165, 1.54) is 0 Å². The van der Waals surface area contributed by atoms with Crippen molar-refractivity contribution in [2.24, 2.45) is 10.7 Å². The number of anilines is 1. The molecule has 2 aromatic carbocycles. The maximum absolute atomic E-state index is 6.30. The van der Waals surface area contributed by atoms with E-state index in [4.69, 9.17) is 17.3 Å². The lowest BCUT2D eigenvalue weighted by Gasteiger charge is -2.27. The Bertz CT molecular complexity index is 654. The Morgan fingerprint density at radius 1 is 1.15 bits per heavy atom. The van der Waals surface area contributed by atoms with Crippen molar-refractivity contribution in [1.29, 1.82) is 0 Å². The predicted octanol–water partition coefficient (Wildman–Crippen LogP) is 3.98. The van der Waals surface area contributed by atoms with Gasteiger partial charge in [0.15, 0.2) is 5.96 Å². The minimum absolute atomic E-state index is 0.0462. The number of nitrogens with two attached hydrogens (primary N) is 1. The molecule has 0 amide bonds. The van der Waals surface area contributed by atoms with Crippen molar-refractivity contribution in [3.05, 3.63) is 63.6 Å². The van der Waals surface area contributed by atoms with Gasteiger partial charge in [0.1, 0.15) is 0 Å². The maximum atomic E-state index is 6.30. The molecule has 0 saturated carbocycles. The summed E-state index contributed by atoms with van der Waals surface area (Å²) >= 11 is 9.74. The summed E-state index contributed by atoms with van der Waals surface area (Å²) in [5.41, 5.74) is 8.10. The first-order valence-electron chi connectivity index (χ1n) is 6.26. The van der Waals surface area contributed by atoms with Crippen molar-refractivity contribution >= 4 is 39.2 Å². The summed E-state index contributed by atoms with van der Waals surface area (Å²) in [5.74, 6) is 0.525. The van der Waals surface area contributed by atoms with E-state index < -0.39 is 0 Å². The highest BCUT2D eigenvalue weighted by Crippen LogP contribution is 2.34. The fourth-order valence-corrected chi connectivity index (χ4v) is 2.92. The summed E-state index contributed by atoms with van der Waals surface area (Å²) in [7, 11) is 0. The second-order valence-electron chi connectivity index (χ2n) is 4.58. The molecule has 2 N–H and O–H groups in total. The van der Waals surface area contributed by atoms with E-state index in [-0.39, 0.29) is 6.04 Å². The highest BCUT2D eigenvalue weighted by Gasteiger charge is 2.29. The molecule has 2 aromatic rings. The molecule has 0 spiro atoms. The Hall–Kier alpha value is -1.52. The van der Waals surface area contributed by atoms with E-state index in [0.717, 1.165) is 20.7 Å². The van der Waals surface area contributed by atoms with Crippen molar-refractivity contribution < 1.29 is 0 Å². The molecule has 0 fully saturated rings. The Morgan fingerprint density at radius 3 is 2.55 bits per heavy atom. The third kappa shape index (κ3) is 2.41. The number of hydrogen-bond acceptors (Lipinski definition) is 3. The molecule has 0 aromatic heterocycles. The first-order valence-corrected chi connectivity index (χ1v) is 7.43. The molecule has 3 rings (SSSR count). The molecule has 1 atom stereocenters. The number of guanidine groups is 1. The van der Waals surface area contributed by atoms with Gasteiger partial charge in [0.05, 0.1) is 12.6 Å². The Kier molecular flexibility index (Phi) is 3.68. The SMILES string of the molecule is NC1=NCC(c2ccccc2Cl)N1c1ccc(Br)cc1. The predicted molar refractivity (Wildman–Crippen MR) is 87.3 cm³/mol. The van der Waals surface area contributed by atoms with Crippen molar-refractivity contribution in [2.45, 2.75) is 6.04 Å². The highest BCUT2D eigenvalue weighted by molar-refractivity contribution is 9.10. The number of halogens is 2. The van der Waals surface area contributed by atoms with Crippen LogP contribution >= 0.6 is 27.5 Å². The molecule has 0 saturated heterocycles. The zero-order valence-corrected chi connectivity index (χ0v) is 13.0. The summed E-state index contributed by atoms with van der Waals surface area (Å²) in [6, 6.07) is 15.9. The number of hydrogen-bond donors (Lipinski definition) is 1. The van der Waals surface area contributed by atoms with Gasteiger partial charge in [-0.25, -0.2) is 0 Å². The largest absolute Gasteiger partial charge is 0.369 e. The molecule has 0 bridgehead atoms. The first kappa shape index (κ1) is 13.5. The topological polar surface area (TPSA) is 41.6 Å². The van der Waals surface area contributed by atoms with Crippen LogP contribution in [0.2, 0.25) is 5.02 Å². The first-order chi connectivity index (χ1) is 9.66. The zero-order chi connectivity index (χ0) is 14.1. The van der Waals surface area contributed by atoms with Crippen LogP contribution in [0.4, 0.5) is 5.69 Å². The lowest BCUT2D eigenvalue weighted by Crippen LogP contribution is -2.36. The van der Waals surface area contributed by atoms with Crippen molar-refractivity contribution in [1.82, 2.24) is 0 Å². The highest BCUT2D eigenvalue weighted by atomic mass is 79.9. The Labute approximate surface area is 131 Å². The molecule has 3 nitrogen and oxygen atoms in total. The van der Waals surface area contributed by atoms with E-state index in [0.29, 0.717) is 12.5 Å². The van der Waals surface area contributed by atoms with Crippen LogP contribution in [0.3, 0.4) is 0 Å². The van der Waals surface area contributed by atoms with Crippen LogP contribution in [0.15, 0.2) is 58.0 Å². The fourth-order valence-electron chi connectivity index (χ4n) is 2.39. The van der Waals surface area contributed by atoms with Gasteiger partial charge < -0.3 is 10.6 Å². The van der Waals surface area contributed by atoms with Crippen molar-refractivity contribution in [2.75, 3.05) is 11.4 Å². The second-order valence-corrected chi connectivity index (χ2v) is 5.91. The summed E-state index contributed by atoms with van der Waals surface area (Å²) in [6.07, 6.45) is 0. The molecule has 1 aliphatic rings. The van der Waals surface area contributed by atoms with Crippen LogP contribution in [0, 0.1) is 0 Å². The molecular weight excluding hydrogens is 338 g/mol. The monoisotopic (exact) mass is 349 g/mol. The molecule has 1 unspecified atom stereocenters. The normalized spacial score (nSPS) is 18.2. The minimum Gasteiger partial charge on any atom is -0.369 e. The van der Waals surface area contributed by atoms with Crippen LogP contribution in [-0.2, 0) is 0 Å². The van der Waals surface area contributed by atoms with E-state index >= 15 is 0 Å². The van der Waals surface area contributed by atoms with Gasteiger partial charge in [-0.2, -0.15) is 0 Å². The van der Waals surface area contributed by atoms with E-state index in [9.17, 15) is 0 Å². The van der Waals surface area contributed by atoms with E-state index in [1.54, 1.807) is 0 Å². The van der Waals surface area contributed by atoms with Gasteiger partial charge in [0.25, 0.3) is 0 Å². The number of benzene rings is 2. The smallest absolute Gasteiger partial charge is 0.196 e. The van der Waals surface area contributed by atoms with E-state index in [2.05, 4.69) is 20.9 Å². The van der Waals surface area contributed by atoms with Gasteiger partial charge >= 0.3 is 0 Å². The van der Waals surface area contributed by atoms with Gasteiger partial charge in [-0.15, -0.1) is 0 Å². The van der Waals surface area contributed by atoms with Crippen LogP contribution in [0.5, 0.6) is 0 Å². The molecule has 0 radical (unpaired) electrons. The molecule has 20 heavy (non-hydrogen) atoms. The van der Waals surface area contributed by atoms with Crippen LogP contribution in [0.1, 0.15) is 11.6 Å². The third-order valence-electron chi connectivity index (χ3n) is 3.35. The van der Waals surface area contributed by atoms with Gasteiger partial charge in [0, 0.05) is 15.2 Å². The quantitative estimate of drug-likeness (QED) is 0.890. The third-order valence-corrected chi connectivity index (χ3v) is 4.23. The molecule has 1 aliphatic heterocycles. The number of nitrogens with zero attached hydrogens (tertiary/aromatic N) is 2. The zero-order valence-electron chi connectivity index (χ0n) is 10.6. The lowest BCUT2D eigenvalue weighted by atomic mass is 10.1. The molecule has 0 aliphatic carbocycles. The van der Waals surface area contributed by atoms with Crippen molar-refractivity contribution in [3.63, 3.8) is 0 Å². The Morgan fingerprint density at radius 2 is 1.85 bits per heavy atom. The molecule has 1 heterocycles. The van der Waals surface area contributed by atoms with Crippen LogP contribution in [0.25, 0.3) is 0 Å². The molecule has 5 heteroatoms. The standard InChI is InChI=1S/C15H13BrClN3/c16-10-5-7-11(8-6-10)20-14(9-19-15(20)18)12-3-1-2-4-13(12)17/h1-8,14H,9H2,(H2,18,19). The number of aliphatic imine (C=N–C) groups is 1. The summed E-state index contributed by atoms with van der Waals surface area (Å²) in [5, 5.41) is 0.740. The summed E-state index contributed by atoms with van der Waals surface area (Å²) < 4.78 is 1.03. The second kappa shape index (κ2) is 5.46. The van der Waals surface area contributed by atoms with Gasteiger partial charge in [-0.1, -0.05) is 45.7 Å². The number of rotatable bonds is 2. The van der Waals surface area contributed by atoms with Crippen LogP contribution < -0.4 is 10.6 Å². The average molecular weight is 351 g/mol. The van der Waals surface area contributed by atoms with Gasteiger partial charge in [0.2, 0.25) is 0 Å². The molecular formula is C15H13BrClN3.